The van der Waals surface area contributed by atoms with E-state index in [4.69, 9.17) is 4.74 Å². The van der Waals surface area contributed by atoms with Crippen molar-refractivity contribution in [1.29, 1.82) is 0 Å². The van der Waals surface area contributed by atoms with Gasteiger partial charge in [-0.25, -0.2) is 0 Å². The van der Waals surface area contributed by atoms with Crippen molar-refractivity contribution >= 4 is 0 Å². The van der Waals surface area contributed by atoms with Gasteiger partial charge >= 0.3 is 0 Å². The molecule has 0 aliphatic carbocycles. The molecule has 0 saturated carbocycles. The van der Waals surface area contributed by atoms with Crippen molar-refractivity contribution in [3.05, 3.63) is 12.7 Å². The molecule has 0 aromatic carbocycles. The zero-order valence-electron chi connectivity index (χ0n) is 6.68. The fourth-order valence-corrected chi connectivity index (χ4v) is 1.14. The molecule has 1 fully saturated rings. The molecular weight excluding hydrogens is 142 g/mol. The molecule has 1 aliphatic heterocycles. The molecule has 64 valence electrons. The van der Waals surface area contributed by atoms with Crippen LogP contribution in [0.2, 0.25) is 0 Å². The first kappa shape index (κ1) is 8.71. The van der Waals surface area contributed by atoms with Crippen molar-refractivity contribution in [2.75, 3.05) is 26.3 Å². The van der Waals surface area contributed by atoms with Gasteiger partial charge in [0.15, 0.2) is 0 Å². The van der Waals surface area contributed by atoms with Gasteiger partial charge in [-0.15, -0.1) is 6.58 Å². The second-order valence-corrected chi connectivity index (χ2v) is 2.95. The fraction of sp³-hybridized carbons (Fsp3) is 0.750. The second-order valence-electron chi connectivity index (χ2n) is 2.95. The van der Waals surface area contributed by atoms with Crippen molar-refractivity contribution in [3.63, 3.8) is 0 Å². The third-order valence-corrected chi connectivity index (χ3v) is 1.83. The van der Waals surface area contributed by atoms with Gasteiger partial charge in [-0.05, 0) is 0 Å². The van der Waals surface area contributed by atoms with Crippen molar-refractivity contribution in [2.45, 2.75) is 12.0 Å². The minimum atomic E-state index is -0.636. The zero-order chi connectivity index (χ0) is 8.16. The Balaban J connectivity index is 2.17. The molecule has 3 heteroatoms. The van der Waals surface area contributed by atoms with E-state index in [0.29, 0.717) is 19.8 Å². The Hall–Kier alpha value is -0.380. The summed E-state index contributed by atoms with van der Waals surface area (Å²) in [6.45, 7) is 6.04. The third-order valence-electron chi connectivity index (χ3n) is 1.83. The van der Waals surface area contributed by atoms with Crippen LogP contribution in [0.4, 0.5) is 0 Å². The van der Waals surface area contributed by atoms with E-state index in [0.717, 1.165) is 13.0 Å². The number of rotatable bonds is 4. The molecule has 0 bridgehead atoms. The molecule has 1 heterocycles. The SMILES string of the molecule is C=CCNCC1(O)CCOC1. The van der Waals surface area contributed by atoms with Crippen molar-refractivity contribution in [3.8, 4) is 0 Å². The molecule has 0 aromatic heterocycles. The fourth-order valence-electron chi connectivity index (χ4n) is 1.14. The molecule has 0 aromatic rings. The number of hydrogen-bond donors (Lipinski definition) is 2. The van der Waals surface area contributed by atoms with Gasteiger partial charge in [0.25, 0.3) is 0 Å². The number of aliphatic hydroxyl groups is 1. The zero-order valence-corrected chi connectivity index (χ0v) is 6.68. The maximum atomic E-state index is 9.70. The van der Waals surface area contributed by atoms with E-state index in [1.807, 2.05) is 0 Å². The van der Waals surface area contributed by atoms with Crippen LogP contribution in [-0.2, 0) is 4.74 Å². The summed E-state index contributed by atoms with van der Waals surface area (Å²) in [5.74, 6) is 0. The quantitative estimate of drug-likeness (QED) is 0.443. The van der Waals surface area contributed by atoms with Crippen LogP contribution in [-0.4, -0.2) is 37.0 Å². The summed E-state index contributed by atoms with van der Waals surface area (Å²) in [6.07, 6.45) is 2.51. The monoisotopic (exact) mass is 157 g/mol. The largest absolute Gasteiger partial charge is 0.386 e. The van der Waals surface area contributed by atoms with E-state index in [1.165, 1.54) is 0 Å². The Morgan fingerprint density at radius 2 is 2.55 bits per heavy atom. The lowest BCUT2D eigenvalue weighted by atomic mass is 10.0. The van der Waals surface area contributed by atoms with Crippen LogP contribution < -0.4 is 5.32 Å². The summed E-state index contributed by atoms with van der Waals surface area (Å²) in [7, 11) is 0. The standard InChI is InChI=1S/C8H15NO2/c1-2-4-9-6-8(10)3-5-11-7-8/h2,9-10H,1,3-7H2. The first-order valence-corrected chi connectivity index (χ1v) is 3.89. The van der Waals surface area contributed by atoms with Crippen LogP contribution in [0.1, 0.15) is 6.42 Å². The molecule has 11 heavy (non-hydrogen) atoms. The molecule has 0 amide bonds. The minimum absolute atomic E-state index is 0.455. The van der Waals surface area contributed by atoms with E-state index >= 15 is 0 Å². The summed E-state index contributed by atoms with van der Waals surface area (Å²) in [6, 6.07) is 0. The Kier molecular flexibility index (Phi) is 3.05. The van der Waals surface area contributed by atoms with Gasteiger partial charge in [-0.3, -0.25) is 0 Å². The maximum absolute atomic E-state index is 9.70. The van der Waals surface area contributed by atoms with Gasteiger partial charge in [-0.2, -0.15) is 0 Å². The summed E-state index contributed by atoms with van der Waals surface area (Å²) >= 11 is 0. The molecule has 1 rings (SSSR count). The maximum Gasteiger partial charge on any atom is 0.102 e. The summed E-state index contributed by atoms with van der Waals surface area (Å²) in [5.41, 5.74) is -0.636. The molecule has 0 spiro atoms. The Morgan fingerprint density at radius 1 is 1.73 bits per heavy atom. The molecule has 2 N–H and O–H groups in total. The average Bonchev–Trinajstić information content (AvgIpc) is 2.38. The third kappa shape index (κ3) is 2.61. The van der Waals surface area contributed by atoms with Gasteiger partial charge in [-0.1, -0.05) is 6.08 Å². The van der Waals surface area contributed by atoms with Crippen LogP contribution >= 0.6 is 0 Å². The predicted molar refractivity (Wildman–Crippen MR) is 43.5 cm³/mol. The summed E-state index contributed by atoms with van der Waals surface area (Å²) in [5, 5.41) is 12.8. The van der Waals surface area contributed by atoms with E-state index in [-0.39, 0.29) is 0 Å². The first-order valence-electron chi connectivity index (χ1n) is 3.89. The topological polar surface area (TPSA) is 41.5 Å². The highest BCUT2D eigenvalue weighted by atomic mass is 16.5. The van der Waals surface area contributed by atoms with Crippen LogP contribution in [0.15, 0.2) is 12.7 Å². The normalized spacial score (nSPS) is 30.6. The van der Waals surface area contributed by atoms with Gasteiger partial charge in [0, 0.05) is 26.1 Å². The molecule has 1 atom stereocenters. The lowest BCUT2D eigenvalue weighted by Crippen LogP contribution is -2.41. The van der Waals surface area contributed by atoms with E-state index in [1.54, 1.807) is 6.08 Å². The second kappa shape index (κ2) is 3.85. The number of nitrogens with one attached hydrogen (secondary N) is 1. The number of hydrogen-bond acceptors (Lipinski definition) is 3. The number of ether oxygens (including phenoxy) is 1. The highest BCUT2D eigenvalue weighted by Crippen LogP contribution is 2.16. The van der Waals surface area contributed by atoms with Gasteiger partial charge in [0.05, 0.1) is 6.61 Å². The molecule has 1 saturated heterocycles. The predicted octanol–water partition coefficient (Wildman–Crippen LogP) is -0.0866. The minimum Gasteiger partial charge on any atom is -0.386 e. The molecule has 3 nitrogen and oxygen atoms in total. The summed E-state index contributed by atoms with van der Waals surface area (Å²) < 4.78 is 5.07. The van der Waals surface area contributed by atoms with Crippen LogP contribution in [0, 0.1) is 0 Å². The smallest absolute Gasteiger partial charge is 0.102 e. The molecule has 1 aliphatic rings. The average molecular weight is 157 g/mol. The first-order chi connectivity index (χ1) is 5.27. The molecule has 0 radical (unpaired) electrons. The van der Waals surface area contributed by atoms with Gasteiger partial charge in [0.2, 0.25) is 0 Å². The highest BCUT2D eigenvalue weighted by molar-refractivity contribution is 4.86. The van der Waals surface area contributed by atoms with Crippen LogP contribution in [0.5, 0.6) is 0 Å². The van der Waals surface area contributed by atoms with Crippen molar-refractivity contribution < 1.29 is 9.84 Å². The highest BCUT2D eigenvalue weighted by Gasteiger charge is 2.31. The lowest BCUT2D eigenvalue weighted by Gasteiger charge is -2.19. The van der Waals surface area contributed by atoms with E-state index in [9.17, 15) is 5.11 Å². The van der Waals surface area contributed by atoms with E-state index in [2.05, 4.69) is 11.9 Å². The molecular formula is C8H15NO2. The van der Waals surface area contributed by atoms with Gasteiger partial charge in [0.1, 0.15) is 5.60 Å². The van der Waals surface area contributed by atoms with Crippen LogP contribution in [0.25, 0.3) is 0 Å². The van der Waals surface area contributed by atoms with Crippen molar-refractivity contribution in [2.24, 2.45) is 0 Å². The summed E-state index contributed by atoms with van der Waals surface area (Å²) in [4.78, 5) is 0. The van der Waals surface area contributed by atoms with Crippen molar-refractivity contribution in [1.82, 2.24) is 5.32 Å². The Bertz CT molecular complexity index is 130. The van der Waals surface area contributed by atoms with E-state index < -0.39 is 5.60 Å². The lowest BCUT2D eigenvalue weighted by molar-refractivity contribution is 0.0279. The van der Waals surface area contributed by atoms with Gasteiger partial charge < -0.3 is 15.2 Å². The van der Waals surface area contributed by atoms with Crippen LogP contribution in [0.3, 0.4) is 0 Å². The Labute approximate surface area is 67.1 Å². The Morgan fingerprint density at radius 3 is 3.09 bits per heavy atom. The molecule has 1 unspecified atom stereocenters.